The number of methoxy groups -OCH3 is 1. The molecule has 0 fully saturated rings. The number of ether oxygens (including phenoxy) is 1. The predicted octanol–water partition coefficient (Wildman–Crippen LogP) is 4.75. The van der Waals surface area contributed by atoms with Gasteiger partial charge in [-0.05, 0) is 35.7 Å². The lowest BCUT2D eigenvalue weighted by atomic mass is 10.2. The van der Waals surface area contributed by atoms with Crippen LogP contribution in [0.25, 0.3) is 22.1 Å². The SMILES string of the molecule is COc1ccc(-c2nnc(SCc3cc(-c4cccs4)on3)o2)cc1. The van der Waals surface area contributed by atoms with Crippen LogP contribution in [0.3, 0.4) is 0 Å². The van der Waals surface area contributed by atoms with Crippen LogP contribution in [-0.4, -0.2) is 22.5 Å². The summed E-state index contributed by atoms with van der Waals surface area (Å²) in [6, 6.07) is 13.4. The van der Waals surface area contributed by atoms with Crippen LogP contribution in [-0.2, 0) is 5.75 Å². The second kappa shape index (κ2) is 7.12. The largest absolute Gasteiger partial charge is 0.497 e. The quantitative estimate of drug-likeness (QED) is 0.453. The van der Waals surface area contributed by atoms with E-state index < -0.39 is 0 Å². The third kappa shape index (κ3) is 3.59. The molecule has 4 rings (SSSR count). The number of thioether (sulfide) groups is 1. The van der Waals surface area contributed by atoms with Crippen molar-refractivity contribution in [1.82, 2.24) is 15.4 Å². The first-order valence-corrected chi connectivity index (χ1v) is 9.28. The molecule has 0 spiro atoms. The highest BCUT2D eigenvalue weighted by Crippen LogP contribution is 2.29. The summed E-state index contributed by atoms with van der Waals surface area (Å²) in [5, 5.41) is 14.7. The maximum absolute atomic E-state index is 5.69. The highest BCUT2D eigenvalue weighted by molar-refractivity contribution is 7.98. The molecule has 0 radical (unpaired) electrons. The van der Waals surface area contributed by atoms with Gasteiger partial charge in [0.05, 0.1) is 17.7 Å². The summed E-state index contributed by atoms with van der Waals surface area (Å²) in [4.78, 5) is 1.06. The molecule has 0 aliphatic heterocycles. The zero-order chi connectivity index (χ0) is 17.1. The summed E-state index contributed by atoms with van der Waals surface area (Å²) in [5.74, 6) is 2.63. The molecule has 0 bridgehead atoms. The van der Waals surface area contributed by atoms with E-state index in [9.17, 15) is 0 Å². The van der Waals surface area contributed by atoms with E-state index in [0.717, 1.165) is 27.6 Å². The molecular formula is C17H13N3O3S2. The second-order valence-electron chi connectivity index (χ2n) is 5.05. The van der Waals surface area contributed by atoms with E-state index >= 15 is 0 Å². The summed E-state index contributed by atoms with van der Waals surface area (Å²) < 4.78 is 16.2. The summed E-state index contributed by atoms with van der Waals surface area (Å²) in [6.45, 7) is 0. The molecule has 0 N–H and O–H groups in total. The van der Waals surface area contributed by atoms with Crippen LogP contribution in [0.2, 0.25) is 0 Å². The van der Waals surface area contributed by atoms with Crippen LogP contribution in [0.15, 0.2) is 62.0 Å². The molecule has 3 heterocycles. The Bertz CT molecular complexity index is 946. The molecule has 0 unspecified atom stereocenters. The van der Waals surface area contributed by atoms with Gasteiger partial charge in [0.25, 0.3) is 5.22 Å². The van der Waals surface area contributed by atoms with Gasteiger partial charge in [0.15, 0.2) is 5.76 Å². The molecule has 3 aromatic heterocycles. The normalized spacial score (nSPS) is 10.9. The molecule has 126 valence electrons. The molecule has 25 heavy (non-hydrogen) atoms. The van der Waals surface area contributed by atoms with Crippen molar-refractivity contribution in [3.63, 3.8) is 0 Å². The molecule has 0 aliphatic rings. The highest BCUT2D eigenvalue weighted by atomic mass is 32.2. The third-order valence-corrected chi connectivity index (χ3v) is 5.15. The molecule has 0 amide bonds. The topological polar surface area (TPSA) is 74.2 Å². The zero-order valence-corrected chi connectivity index (χ0v) is 14.8. The van der Waals surface area contributed by atoms with Crippen molar-refractivity contribution in [2.24, 2.45) is 0 Å². The monoisotopic (exact) mass is 371 g/mol. The highest BCUT2D eigenvalue weighted by Gasteiger charge is 2.12. The van der Waals surface area contributed by atoms with Crippen LogP contribution >= 0.6 is 23.1 Å². The average molecular weight is 371 g/mol. The number of thiophene rings is 1. The van der Waals surface area contributed by atoms with Crippen molar-refractivity contribution < 1.29 is 13.7 Å². The maximum atomic E-state index is 5.69. The third-order valence-electron chi connectivity index (χ3n) is 3.41. The van der Waals surface area contributed by atoms with Gasteiger partial charge < -0.3 is 13.7 Å². The number of benzene rings is 1. The van der Waals surface area contributed by atoms with Crippen LogP contribution in [0.1, 0.15) is 5.69 Å². The van der Waals surface area contributed by atoms with E-state index in [2.05, 4.69) is 15.4 Å². The lowest BCUT2D eigenvalue weighted by Crippen LogP contribution is -1.82. The maximum Gasteiger partial charge on any atom is 0.277 e. The Morgan fingerprint density at radius 1 is 1.16 bits per heavy atom. The molecule has 0 saturated heterocycles. The molecule has 0 atom stereocenters. The Kier molecular flexibility index (Phi) is 4.53. The Morgan fingerprint density at radius 3 is 2.80 bits per heavy atom. The van der Waals surface area contributed by atoms with Gasteiger partial charge in [-0.15, -0.1) is 21.5 Å². The second-order valence-corrected chi connectivity index (χ2v) is 6.92. The lowest BCUT2D eigenvalue weighted by molar-refractivity contribution is 0.414. The average Bonchev–Trinajstić information content (AvgIpc) is 3.41. The van der Waals surface area contributed by atoms with Gasteiger partial charge in [-0.2, -0.15) is 0 Å². The minimum atomic E-state index is 0.476. The van der Waals surface area contributed by atoms with Crippen molar-refractivity contribution in [1.29, 1.82) is 0 Å². The first-order chi connectivity index (χ1) is 12.3. The van der Waals surface area contributed by atoms with Gasteiger partial charge in [-0.25, -0.2) is 0 Å². The fraction of sp³-hybridized carbons (Fsp3) is 0.118. The summed E-state index contributed by atoms with van der Waals surface area (Å²) in [7, 11) is 1.63. The summed E-state index contributed by atoms with van der Waals surface area (Å²) in [6.07, 6.45) is 0. The van der Waals surface area contributed by atoms with Gasteiger partial charge in [0, 0.05) is 17.4 Å². The van der Waals surface area contributed by atoms with E-state index in [4.69, 9.17) is 13.7 Å². The minimum Gasteiger partial charge on any atom is -0.497 e. The van der Waals surface area contributed by atoms with Gasteiger partial charge >= 0.3 is 0 Å². The minimum absolute atomic E-state index is 0.476. The Hall–Kier alpha value is -2.58. The van der Waals surface area contributed by atoms with E-state index in [1.54, 1.807) is 18.4 Å². The van der Waals surface area contributed by atoms with Crippen molar-refractivity contribution in [2.45, 2.75) is 11.0 Å². The van der Waals surface area contributed by atoms with Gasteiger partial charge in [-0.3, -0.25) is 0 Å². The van der Waals surface area contributed by atoms with Gasteiger partial charge in [0.2, 0.25) is 5.89 Å². The van der Waals surface area contributed by atoms with Crippen LogP contribution in [0.5, 0.6) is 5.75 Å². The first kappa shape index (κ1) is 15.9. The van der Waals surface area contributed by atoms with E-state index in [1.807, 2.05) is 47.8 Å². The lowest BCUT2D eigenvalue weighted by Gasteiger charge is -1.99. The molecule has 8 heteroatoms. The number of nitrogens with zero attached hydrogens (tertiary/aromatic N) is 3. The Morgan fingerprint density at radius 2 is 2.04 bits per heavy atom. The smallest absolute Gasteiger partial charge is 0.277 e. The van der Waals surface area contributed by atoms with Crippen molar-refractivity contribution in [3.05, 3.63) is 53.5 Å². The Labute approximate surface area is 151 Å². The molecule has 0 saturated carbocycles. The number of rotatable bonds is 6. The van der Waals surface area contributed by atoms with E-state index in [-0.39, 0.29) is 0 Å². The fourth-order valence-electron chi connectivity index (χ4n) is 2.17. The molecular weight excluding hydrogens is 358 g/mol. The van der Waals surface area contributed by atoms with Crippen molar-refractivity contribution >= 4 is 23.1 Å². The molecule has 1 aromatic carbocycles. The van der Waals surface area contributed by atoms with E-state index in [0.29, 0.717) is 16.9 Å². The molecule has 6 nitrogen and oxygen atoms in total. The Balaban J connectivity index is 1.41. The molecule has 4 aromatic rings. The summed E-state index contributed by atoms with van der Waals surface area (Å²) >= 11 is 3.04. The van der Waals surface area contributed by atoms with Gasteiger partial charge in [0.1, 0.15) is 5.75 Å². The predicted molar refractivity (Wildman–Crippen MR) is 95.7 cm³/mol. The van der Waals surface area contributed by atoms with Crippen molar-refractivity contribution in [3.8, 4) is 27.8 Å². The number of hydrogen-bond donors (Lipinski definition) is 0. The van der Waals surface area contributed by atoms with Crippen LogP contribution in [0, 0.1) is 0 Å². The van der Waals surface area contributed by atoms with Crippen molar-refractivity contribution in [2.75, 3.05) is 7.11 Å². The van der Waals surface area contributed by atoms with E-state index in [1.165, 1.54) is 11.8 Å². The standard InChI is InChI=1S/C17H13N3O3S2/c1-21-13-6-4-11(5-7-13)16-18-19-17(22-16)25-10-12-9-14(23-20-12)15-3-2-8-24-15/h2-9H,10H2,1H3. The number of aromatic nitrogens is 3. The van der Waals surface area contributed by atoms with Crippen LogP contribution < -0.4 is 4.74 Å². The fourth-order valence-corrected chi connectivity index (χ4v) is 3.49. The zero-order valence-electron chi connectivity index (χ0n) is 13.2. The number of hydrogen-bond acceptors (Lipinski definition) is 8. The first-order valence-electron chi connectivity index (χ1n) is 7.42. The van der Waals surface area contributed by atoms with Gasteiger partial charge in [-0.1, -0.05) is 23.0 Å². The van der Waals surface area contributed by atoms with Crippen LogP contribution in [0.4, 0.5) is 0 Å². The molecule has 0 aliphatic carbocycles. The summed E-state index contributed by atoms with van der Waals surface area (Å²) in [5.41, 5.74) is 1.68.